The molecule has 2 unspecified atom stereocenters. The first-order chi connectivity index (χ1) is 10.2. The third-order valence-electron chi connectivity index (χ3n) is 3.90. The molecule has 0 saturated heterocycles. The minimum atomic E-state index is 0.413. The van der Waals surface area contributed by atoms with Crippen molar-refractivity contribution in [1.29, 1.82) is 0 Å². The van der Waals surface area contributed by atoms with Gasteiger partial charge in [-0.25, -0.2) is 0 Å². The Labute approximate surface area is 135 Å². The van der Waals surface area contributed by atoms with Crippen molar-refractivity contribution in [2.24, 2.45) is 5.92 Å². The zero-order valence-corrected chi connectivity index (χ0v) is 14.5. The van der Waals surface area contributed by atoms with E-state index in [2.05, 4.69) is 26.1 Å². The molecule has 1 aromatic rings. The van der Waals surface area contributed by atoms with Crippen molar-refractivity contribution in [3.8, 4) is 5.75 Å². The van der Waals surface area contributed by atoms with Crippen molar-refractivity contribution in [2.75, 3.05) is 13.2 Å². The summed E-state index contributed by atoms with van der Waals surface area (Å²) in [4.78, 5) is 0. The fraction of sp³-hybridized carbons (Fsp3) is 0.667. The fourth-order valence-electron chi connectivity index (χ4n) is 2.64. The van der Waals surface area contributed by atoms with Gasteiger partial charge in [0, 0.05) is 11.1 Å². The van der Waals surface area contributed by atoms with Crippen molar-refractivity contribution in [3.63, 3.8) is 0 Å². The van der Waals surface area contributed by atoms with Crippen molar-refractivity contribution in [1.82, 2.24) is 5.32 Å². The lowest BCUT2D eigenvalue weighted by molar-refractivity contribution is 0.233. The zero-order valence-electron chi connectivity index (χ0n) is 13.7. The van der Waals surface area contributed by atoms with E-state index in [0.717, 1.165) is 23.2 Å². The van der Waals surface area contributed by atoms with Crippen LogP contribution in [0.25, 0.3) is 0 Å². The third kappa shape index (κ3) is 7.73. The van der Waals surface area contributed by atoms with Gasteiger partial charge in [-0.2, -0.15) is 0 Å². The smallest absolute Gasteiger partial charge is 0.120 e. The molecule has 2 atom stereocenters. The summed E-state index contributed by atoms with van der Waals surface area (Å²) in [6.45, 7) is 8.39. The van der Waals surface area contributed by atoms with Crippen LogP contribution < -0.4 is 10.1 Å². The predicted molar refractivity (Wildman–Crippen MR) is 92.3 cm³/mol. The molecule has 0 aromatic heterocycles. The van der Waals surface area contributed by atoms with E-state index in [1.165, 1.54) is 32.1 Å². The molecule has 1 N–H and O–H groups in total. The molecule has 0 radical (unpaired) electrons. The van der Waals surface area contributed by atoms with E-state index >= 15 is 0 Å². The van der Waals surface area contributed by atoms with Gasteiger partial charge in [0.15, 0.2) is 0 Å². The first-order valence-corrected chi connectivity index (χ1v) is 8.69. The number of nitrogens with one attached hydrogen (secondary N) is 1. The monoisotopic (exact) mass is 311 g/mol. The van der Waals surface area contributed by atoms with Gasteiger partial charge in [-0.05, 0) is 37.1 Å². The van der Waals surface area contributed by atoms with E-state index in [1.807, 2.05) is 24.3 Å². The van der Waals surface area contributed by atoms with Gasteiger partial charge < -0.3 is 10.1 Å². The molecule has 0 amide bonds. The summed E-state index contributed by atoms with van der Waals surface area (Å²) in [6, 6.07) is 8.04. The molecule has 0 aliphatic rings. The van der Waals surface area contributed by atoms with Crippen LogP contribution in [0.2, 0.25) is 5.02 Å². The molecule has 0 aliphatic heterocycles. The SMILES string of the molecule is CCCCC(CC)CC(COc1cccc(Cl)c1)NCC. The Hall–Kier alpha value is -0.730. The standard InChI is InChI=1S/C18H30ClNO/c1-4-7-9-15(5-2)12-17(20-6-3)14-21-18-11-8-10-16(19)13-18/h8,10-11,13,15,17,20H,4-7,9,12,14H2,1-3H3. The summed E-state index contributed by atoms with van der Waals surface area (Å²) in [6.07, 6.45) is 6.36. The Morgan fingerprint density at radius 1 is 1.24 bits per heavy atom. The van der Waals surface area contributed by atoms with Crippen LogP contribution >= 0.6 is 11.6 Å². The van der Waals surface area contributed by atoms with Crippen molar-refractivity contribution in [3.05, 3.63) is 29.3 Å². The molecule has 0 bridgehead atoms. The number of rotatable bonds is 11. The van der Waals surface area contributed by atoms with Crippen molar-refractivity contribution < 1.29 is 4.74 Å². The maximum Gasteiger partial charge on any atom is 0.120 e. The molecule has 120 valence electrons. The number of halogens is 1. The quantitative estimate of drug-likeness (QED) is 0.598. The number of benzene rings is 1. The van der Waals surface area contributed by atoms with Crippen LogP contribution in [0.3, 0.4) is 0 Å². The number of hydrogen-bond donors (Lipinski definition) is 1. The molecule has 2 nitrogen and oxygen atoms in total. The van der Waals surface area contributed by atoms with E-state index in [-0.39, 0.29) is 0 Å². The Balaban J connectivity index is 2.48. The number of likely N-dealkylation sites (N-methyl/N-ethyl adjacent to an activating group) is 1. The normalized spacial score (nSPS) is 13.9. The second-order valence-electron chi connectivity index (χ2n) is 5.68. The Morgan fingerprint density at radius 2 is 2.05 bits per heavy atom. The van der Waals surface area contributed by atoms with Crippen LogP contribution in [-0.2, 0) is 0 Å². The Bertz CT molecular complexity index is 383. The minimum Gasteiger partial charge on any atom is -0.492 e. The average molecular weight is 312 g/mol. The number of ether oxygens (including phenoxy) is 1. The molecular formula is C18H30ClNO. The van der Waals surface area contributed by atoms with Gasteiger partial charge in [0.25, 0.3) is 0 Å². The molecule has 0 aliphatic carbocycles. The second-order valence-corrected chi connectivity index (χ2v) is 6.11. The fourth-order valence-corrected chi connectivity index (χ4v) is 2.82. The summed E-state index contributed by atoms with van der Waals surface area (Å²) in [5.74, 6) is 1.64. The Morgan fingerprint density at radius 3 is 2.67 bits per heavy atom. The average Bonchev–Trinajstić information content (AvgIpc) is 2.49. The van der Waals surface area contributed by atoms with Crippen LogP contribution in [0.1, 0.15) is 52.9 Å². The highest BCUT2D eigenvalue weighted by Crippen LogP contribution is 2.21. The third-order valence-corrected chi connectivity index (χ3v) is 4.14. The summed E-state index contributed by atoms with van der Waals surface area (Å²) in [5.41, 5.74) is 0. The van der Waals surface area contributed by atoms with Gasteiger partial charge in [-0.15, -0.1) is 0 Å². The summed E-state index contributed by atoms with van der Waals surface area (Å²) in [5, 5.41) is 4.27. The highest BCUT2D eigenvalue weighted by molar-refractivity contribution is 6.30. The summed E-state index contributed by atoms with van der Waals surface area (Å²) < 4.78 is 5.90. The molecule has 3 heteroatoms. The lowest BCUT2D eigenvalue weighted by Gasteiger charge is -2.23. The topological polar surface area (TPSA) is 21.3 Å². The summed E-state index contributed by atoms with van der Waals surface area (Å²) in [7, 11) is 0. The molecule has 1 rings (SSSR count). The molecule has 0 spiro atoms. The van der Waals surface area contributed by atoms with Gasteiger partial charge >= 0.3 is 0 Å². The van der Waals surface area contributed by atoms with E-state index in [9.17, 15) is 0 Å². The molecule has 0 saturated carbocycles. The minimum absolute atomic E-state index is 0.413. The predicted octanol–water partition coefficient (Wildman–Crippen LogP) is 5.30. The van der Waals surface area contributed by atoms with Gasteiger partial charge in [0.1, 0.15) is 12.4 Å². The molecule has 21 heavy (non-hydrogen) atoms. The van der Waals surface area contributed by atoms with Crippen LogP contribution in [0.5, 0.6) is 5.75 Å². The van der Waals surface area contributed by atoms with Gasteiger partial charge in [-0.3, -0.25) is 0 Å². The van der Waals surface area contributed by atoms with Gasteiger partial charge in [0.05, 0.1) is 0 Å². The highest BCUT2D eigenvalue weighted by Gasteiger charge is 2.15. The van der Waals surface area contributed by atoms with E-state index in [0.29, 0.717) is 12.6 Å². The first-order valence-electron chi connectivity index (χ1n) is 8.31. The molecule has 0 heterocycles. The van der Waals surface area contributed by atoms with Gasteiger partial charge in [0.2, 0.25) is 0 Å². The second kappa shape index (κ2) is 10.9. The molecule has 0 fully saturated rings. The maximum atomic E-state index is 5.99. The molecular weight excluding hydrogens is 282 g/mol. The number of unbranched alkanes of at least 4 members (excludes halogenated alkanes) is 1. The molecule has 1 aromatic carbocycles. The van der Waals surface area contributed by atoms with Crippen molar-refractivity contribution in [2.45, 2.75) is 58.9 Å². The van der Waals surface area contributed by atoms with Gasteiger partial charge in [-0.1, -0.05) is 64.1 Å². The first kappa shape index (κ1) is 18.3. The lowest BCUT2D eigenvalue weighted by Crippen LogP contribution is -2.36. The van der Waals surface area contributed by atoms with Crippen LogP contribution in [0, 0.1) is 5.92 Å². The van der Waals surface area contributed by atoms with E-state index < -0.39 is 0 Å². The van der Waals surface area contributed by atoms with Crippen LogP contribution in [0.15, 0.2) is 24.3 Å². The maximum absolute atomic E-state index is 5.99. The summed E-state index contributed by atoms with van der Waals surface area (Å²) >= 11 is 5.99. The van der Waals surface area contributed by atoms with Crippen LogP contribution in [0.4, 0.5) is 0 Å². The Kier molecular flexibility index (Phi) is 9.53. The largest absolute Gasteiger partial charge is 0.492 e. The highest BCUT2D eigenvalue weighted by atomic mass is 35.5. The van der Waals surface area contributed by atoms with E-state index in [1.54, 1.807) is 0 Å². The van der Waals surface area contributed by atoms with Crippen LogP contribution in [-0.4, -0.2) is 19.2 Å². The number of hydrogen-bond acceptors (Lipinski definition) is 2. The zero-order chi connectivity index (χ0) is 15.5. The van der Waals surface area contributed by atoms with Crippen molar-refractivity contribution >= 4 is 11.6 Å². The van der Waals surface area contributed by atoms with E-state index in [4.69, 9.17) is 16.3 Å². The lowest BCUT2D eigenvalue weighted by atomic mass is 9.92.